The van der Waals surface area contributed by atoms with E-state index in [-0.39, 0.29) is 18.3 Å². The molecule has 0 radical (unpaired) electrons. The molecule has 0 fully saturated rings. The van der Waals surface area contributed by atoms with E-state index >= 15 is 0 Å². The number of hydrogen-bond donors (Lipinski definition) is 0. The van der Waals surface area contributed by atoms with Crippen LogP contribution in [0.4, 0.5) is 10.5 Å². The van der Waals surface area contributed by atoms with Crippen LogP contribution in [0.2, 0.25) is 0 Å². The van der Waals surface area contributed by atoms with Gasteiger partial charge < -0.3 is 14.2 Å². The zero-order valence-corrected chi connectivity index (χ0v) is 18.0. The summed E-state index contributed by atoms with van der Waals surface area (Å²) in [6.45, 7) is 8.47. The molecule has 6 heteroatoms. The lowest BCUT2D eigenvalue weighted by molar-refractivity contribution is -0.143. The SMILES string of the molecule is CCOC(=O)C[C@H](c1ccccc1)c1ccc2c(c1)OCCN2C(=O)OC(C)(C)C. The fourth-order valence-corrected chi connectivity index (χ4v) is 3.46. The van der Waals surface area contributed by atoms with Crippen LogP contribution in [0.5, 0.6) is 5.75 Å². The summed E-state index contributed by atoms with van der Waals surface area (Å²) >= 11 is 0. The maximum atomic E-state index is 12.6. The number of nitrogens with zero attached hydrogens (tertiary/aromatic N) is 1. The highest BCUT2D eigenvalue weighted by Crippen LogP contribution is 2.38. The second kappa shape index (κ2) is 9.20. The van der Waals surface area contributed by atoms with Crippen LogP contribution in [-0.2, 0) is 14.3 Å². The van der Waals surface area contributed by atoms with Gasteiger partial charge in [-0.1, -0.05) is 36.4 Å². The van der Waals surface area contributed by atoms with Crippen molar-refractivity contribution < 1.29 is 23.8 Å². The van der Waals surface area contributed by atoms with E-state index in [1.165, 1.54) is 0 Å². The first kappa shape index (κ1) is 21.7. The van der Waals surface area contributed by atoms with E-state index < -0.39 is 11.7 Å². The van der Waals surface area contributed by atoms with Gasteiger partial charge in [0, 0.05) is 5.92 Å². The molecule has 30 heavy (non-hydrogen) atoms. The van der Waals surface area contributed by atoms with E-state index in [0.29, 0.717) is 31.2 Å². The molecule has 0 unspecified atom stereocenters. The summed E-state index contributed by atoms with van der Waals surface area (Å²) in [5.74, 6) is 0.186. The predicted molar refractivity (Wildman–Crippen MR) is 115 cm³/mol. The van der Waals surface area contributed by atoms with Crippen LogP contribution < -0.4 is 9.64 Å². The van der Waals surface area contributed by atoms with E-state index in [2.05, 4.69) is 0 Å². The summed E-state index contributed by atoms with van der Waals surface area (Å²) in [5.41, 5.74) is 2.04. The highest BCUT2D eigenvalue weighted by atomic mass is 16.6. The molecular weight excluding hydrogens is 382 g/mol. The van der Waals surface area contributed by atoms with Gasteiger partial charge in [-0.2, -0.15) is 0 Å². The normalized spacial score (nSPS) is 14.3. The number of benzene rings is 2. The van der Waals surface area contributed by atoms with Crippen molar-refractivity contribution in [2.75, 3.05) is 24.7 Å². The minimum atomic E-state index is -0.576. The summed E-state index contributed by atoms with van der Waals surface area (Å²) in [6, 6.07) is 15.5. The molecule has 6 nitrogen and oxygen atoms in total. The van der Waals surface area contributed by atoms with Crippen LogP contribution in [0, 0.1) is 0 Å². The molecule has 0 spiro atoms. The largest absolute Gasteiger partial charge is 0.490 e. The van der Waals surface area contributed by atoms with E-state index in [9.17, 15) is 9.59 Å². The van der Waals surface area contributed by atoms with Crippen LogP contribution in [0.3, 0.4) is 0 Å². The molecule has 160 valence electrons. The van der Waals surface area contributed by atoms with Gasteiger partial charge in [-0.3, -0.25) is 9.69 Å². The molecule has 0 saturated heterocycles. The highest BCUT2D eigenvalue weighted by Gasteiger charge is 2.29. The average molecular weight is 411 g/mol. The number of esters is 1. The summed E-state index contributed by atoms with van der Waals surface area (Å²) in [7, 11) is 0. The predicted octanol–water partition coefficient (Wildman–Crippen LogP) is 4.91. The summed E-state index contributed by atoms with van der Waals surface area (Å²) in [4.78, 5) is 26.5. The standard InChI is InChI=1S/C24H29NO5/c1-5-28-22(26)16-19(17-9-7-6-8-10-17)18-11-12-20-21(15-18)29-14-13-25(20)23(27)30-24(2,3)4/h6-12,15,19H,5,13-14,16H2,1-4H3/t19-/m1/s1. The molecule has 2 aromatic carbocycles. The van der Waals surface area contributed by atoms with Gasteiger partial charge in [0.25, 0.3) is 0 Å². The monoisotopic (exact) mass is 411 g/mol. The van der Waals surface area contributed by atoms with E-state index in [4.69, 9.17) is 14.2 Å². The van der Waals surface area contributed by atoms with E-state index in [1.807, 2.05) is 69.3 Å². The molecule has 1 amide bonds. The second-order valence-corrected chi connectivity index (χ2v) is 8.18. The molecular formula is C24H29NO5. The highest BCUT2D eigenvalue weighted by molar-refractivity contribution is 5.90. The lowest BCUT2D eigenvalue weighted by Crippen LogP contribution is -2.41. The maximum absolute atomic E-state index is 12.6. The van der Waals surface area contributed by atoms with Crippen molar-refractivity contribution in [1.29, 1.82) is 0 Å². The molecule has 1 atom stereocenters. The van der Waals surface area contributed by atoms with Gasteiger partial charge in [0.2, 0.25) is 0 Å². The first-order valence-corrected chi connectivity index (χ1v) is 10.3. The third kappa shape index (κ3) is 5.32. The zero-order chi connectivity index (χ0) is 21.7. The van der Waals surface area contributed by atoms with Gasteiger partial charge in [-0.25, -0.2) is 4.79 Å². The van der Waals surface area contributed by atoms with Crippen LogP contribution in [0.15, 0.2) is 48.5 Å². The van der Waals surface area contributed by atoms with Gasteiger partial charge in [-0.15, -0.1) is 0 Å². The van der Waals surface area contributed by atoms with Crippen LogP contribution in [0.1, 0.15) is 51.2 Å². The third-order valence-corrected chi connectivity index (χ3v) is 4.74. The number of rotatable bonds is 5. The molecule has 3 rings (SSSR count). The van der Waals surface area contributed by atoms with Crippen molar-refractivity contribution in [3.63, 3.8) is 0 Å². The fraction of sp³-hybridized carbons (Fsp3) is 0.417. The van der Waals surface area contributed by atoms with Crippen molar-refractivity contribution in [3.05, 3.63) is 59.7 Å². The van der Waals surface area contributed by atoms with Crippen LogP contribution in [-0.4, -0.2) is 37.4 Å². The molecule has 0 saturated carbocycles. The lowest BCUT2D eigenvalue weighted by Gasteiger charge is -2.32. The summed E-state index contributed by atoms with van der Waals surface area (Å²) < 4.78 is 16.6. The third-order valence-electron chi connectivity index (χ3n) is 4.74. The van der Waals surface area contributed by atoms with Gasteiger partial charge in [-0.05, 0) is 51.0 Å². The molecule has 1 aliphatic heterocycles. The summed E-state index contributed by atoms with van der Waals surface area (Å²) in [6.07, 6.45) is -0.169. The first-order valence-electron chi connectivity index (χ1n) is 10.3. The van der Waals surface area contributed by atoms with Crippen molar-refractivity contribution in [3.8, 4) is 5.75 Å². The van der Waals surface area contributed by atoms with Crippen molar-refractivity contribution >= 4 is 17.7 Å². The number of ether oxygens (including phenoxy) is 3. The Balaban J connectivity index is 1.92. The zero-order valence-electron chi connectivity index (χ0n) is 18.0. The van der Waals surface area contributed by atoms with Gasteiger partial charge >= 0.3 is 12.1 Å². The number of amides is 1. The van der Waals surface area contributed by atoms with Crippen molar-refractivity contribution in [1.82, 2.24) is 0 Å². The minimum absolute atomic E-state index is 0.170. The van der Waals surface area contributed by atoms with Gasteiger partial charge in [0.05, 0.1) is 25.3 Å². The quantitative estimate of drug-likeness (QED) is 0.655. The smallest absolute Gasteiger partial charge is 0.415 e. The Bertz CT molecular complexity index is 888. The minimum Gasteiger partial charge on any atom is -0.490 e. The topological polar surface area (TPSA) is 65.1 Å². The lowest BCUT2D eigenvalue weighted by atomic mass is 9.88. The van der Waals surface area contributed by atoms with Gasteiger partial charge in [0.1, 0.15) is 18.0 Å². The molecule has 0 N–H and O–H groups in total. The average Bonchev–Trinajstić information content (AvgIpc) is 2.70. The second-order valence-electron chi connectivity index (χ2n) is 8.18. The number of hydrogen-bond acceptors (Lipinski definition) is 5. The Morgan fingerprint density at radius 2 is 1.83 bits per heavy atom. The van der Waals surface area contributed by atoms with E-state index in [0.717, 1.165) is 11.1 Å². The Labute approximate surface area is 177 Å². The Morgan fingerprint density at radius 1 is 1.10 bits per heavy atom. The number of fused-ring (bicyclic) bond motifs is 1. The molecule has 2 aromatic rings. The van der Waals surface area contributed by atoms with Crippen molar-refractivity contribution in [2.24, 2.45) is 0 Å². The molecule has 1 aliphatic rings. The Morgan fingerprint density at radius 3 is 2.50 bits per heavy atom. The van der Waals surface area contributed by atoms with Gasteiger partial charge in [0.15, 0.2) is 0 Å². The van der Waals surface area contributed by atoms with Crippen molar-refractivity contribution in [2.45, 2.75) is 45.6 Å². The molecule has 0 aromatic heterocycles. The fourth-order valence-electron chi connectivity index (χ4n) is 3.46. The Hall–Kier alpha value is -3.02. The number of anilines is 1. The molecule has 0 bridgehead atoms. The number of carbonyl (C=O) groups is 2. The van der Waals surface area contributed by atoms with Crippen LogP contribution in [0.25, 0.3) is 0 Å². The summed E-state index contributed by atoms with van der Waals surface area (Å²) in [5, 5.41) is 0. The molecule has 0 aliphatic carbocycles. The maximum Gasteiger partial charge on any atom is 0.415 e. The van der Waals surface area contributed by atoms with E-state index in [1.54, 1.807) is 11.8 Å². The number of carbonyl (C=O) groups excluding carboxylic acids is 2. The Kier molecular flexibility index (Phi) is 6.65. The molecule has 1 heterocycles. The first-order chi connectivity index (χ1) is 14.3. The van der Waals surface area contributed by atoms with Crippen LogP contribution >= 0.6 is 0 Å².